The molecule has 1 amide bonds. The van der Waals surface area contributed by atoms with E-state index < -0.39 is 0 Å². The van der Waals surface area contributed by atoms with Crippen molar-refractivity contribution in [3.05, 3.63) is 46.5 Å². The zero-order valence-electron chi connectivity index (χ0n) is 9.22. The minimum atomic E-state index is -0.166. The number of rotatable bonds is 3. The first-order valence-corrected chi connectivity index (χ1v) is 5.82. The van der Waals surface area contributed by atoms with E-state index in [0.29, 0.717) is 16.7 Å². The van der Waals surface area contributed by atoms with E-state index in [0.717, 1.165) is 5.56 Å². The van der Waals surface area contributed by atoms with Crippen molar-refractivity contribution in [2.24, 2.45) is 7.05 Å². The first-order valence-electron chi connectivity index (χ1n) is 5.03. The molecule has 2 aromatic heterocycles. The first-order chi connectivity index (χ1) is 8.18. The highest BCUT2D eigenvalue weighted by atomic mass is 79.9. The minimum absolute atomic E-state index is 0.166. The lowest BCUT2D eigenvalue weighted by Crippen LogP contribution is -2.25. The maximum absolute atomic E-state index is 11.9. The fourth-order valence-electron chi connectivity index (χ4n) is 1.43. The lowest BCUT2D eigenvalue weighted by atomic mass is 10.3. The van der Waals surface area contributed by atoms with E-state index in [1.807, 2.05) is 12.1 Å². The van der Waals surface area contributed by atoms with Gasteiger partial charge in [-0.3, -0.25) is 14.5 Å². The van der Waals surface area contributed by atoms with Gasteiger partial charge in [0.1, 0.15) is 5.69 Å². The molecule has 0 unspecified atom stereocenters. The molecular weight excluding hydrogens is 284 g/mol. The Kier molecular flexibility index (Phi) is 3.53. The zero-order chi connectivity index (χ0) is 12.3. The third kappa shape index (κ3) is 2.71. The number of nitrogens with one attached hydrogen (secondary N) is 1. The van der Waals surface area contributed by atoms with Crippen molar-refractivity contribution >= 4 is 21.8 Å². The Labute approximate surface area is 107 Å². The van der Waals surface area contributed by atoms with Crippen LogP contribution >= 0.6 is 15.9 Å². The maximum atomic E-state index is 11.9. The van der Waals surface area contributed by atoms with Gasteiger partial charge < -0.3 is 5.32 Å². The van der Waals surface area contributed by atoms with E-state index in [9.17, 15) is 4.79 Å². The van der Waals surface area contributed by atoms with Gasteiger partial charge in [-0.05, 0) is 27.6 Å². The van der Waals surface area contributed by atoms with Crippen LogP contribution in [0, 0.1) is 0 Å². The SMILES string of the molecule is Cn1ncc(Br)c1C(=O)NCc1cccnc1. The van der Waals surface area contributed by atoms with Crippen LogP contribution in [-0.4, -0.2) is 20.7 Å². The largest absolute Gasteiger partial charge is 0.347 e. The van der Waals surface area contributed by atoms with E-state index >= 15 is 0 Å². The Balaban J connectivity index is 2.04. The van der Waals surface area contributed by atoms with Crippen LogP contribution < -0.4 is 5.32 Å². The molecule has 2 rings (SSSR count). The fraction of sp³-hybridized carbons (Fsp3) is 0.182. The second kappa shape index (κ2) is 5.09. The summed E-state index contributed by atoms with van der Waals surface area (Å²) in [7, 11) is 1.73. The standard InChI is InChI=1S/C11H11BrN4O/c1-16-10(9(12)7-15-16)11(17)14-6-8-3-2-4-13-5-8/h2-5,7H,6H2,1H3,(H,14,17). The number of halogens is 1. The van der Waals surface area contributed by atoms with Crippen molar-refractivity contribution in [3.8, 4) is 0 Å². The average Bonchev–Trinajstić information content (AvgIpc) is 2.67. The van der Waals surface area contributed by atoms with E-state index in [1.165, 1.54) is 4.68 Å². The molecule has 0 bridgehead atoms. The highest BCUT2D eigenvalue weighted by Gasteiger charge is 2.14. The smallest absolute Gasteiger partial charge is 0.270 e. The molecule has 0 fully saturated rings. The monoisotopic (exact) mass is 294 g/mol. The molecule has 88 valence electrons. The Bertz CT molecular complexity index is 504. The van der Waals surface area contributed by atoms with Crippen LogP contribution in [0.2, 0.25) is 0 Å². The molecule has 0 spiro atoms. The molecule has 0 radical (unpaired) electrons. The van der Waals surface area contributed by atoms with Crippen LogP contribution in [0.4, 0.5) is 0 Å². The minimum Gasteiger partial charge on any atom is -0.347 e. The lowest BCUT2D eigenvalue weighted by Gasteiger charge is -2.05. The Morgan fingerprint density at radius 1 is 1.53 bits per heavy atom. The van der Waals surface area contributed by atoms with Gasteiger partial charge in [-0.25, -0.2) is 0 Å². The van der Waals surface area contributed by atoms with Crippen molar-refractivity contribution in [2.75, 3.05) is 0 Å². The molecule has 0 aliphatic rings. The number of hydrogen-bond donors (Lipinski definition) is 1. The van der Waals surface area contributed by atoms with Gasteiger partial charge in [-0.2, -0.15) is 5.10 Å². The van der Waals surface area contributed by atoms with Crippen molar-refractivity contribution in [1.29, 1.82) is 0 Å². The number of pyridine rings is 1. The zero-order valence-corrected chi connectivity index (χ0v) is 10.8. The predicted molar refractivity (Wildman–Crippen MR) is 66.3 cm³/mol. The summed E-state index contributed by atoms with van der Waals surface area (Å²) in [5.41, 5.74) is 1.47. The van der Waals surface area contributed by atoms with Crippen molar-refractivity contribution < 1.29 is 4.79 Å². The number of amides is 1. The fourth-order valence-corrected chi connectivity index (χ4v) is 1.96. The molecule has 0 aliphatic carbocycles. The normalized spacial score (nSPS) is 10.2. The molecule has 5 nitrogen and oxygen atoms in total. The molecule has 0 saturated carbocycles. The summed E-state index contributed by atoms with van der Waals surface area (Å²) in [5, 5.41) is 6.80. The van der Waals surface area contributed by atoms with Gasteiger partial charge in [-0.15, -0.1) is 0 Å². The molecule has 1 N–H and O–H groups in total. The van der Waals surface area contributed by atoms with E-state index in [1.54, 1.807) is 25.6 Å². The third-order valence-electron chi connectivity index (χ3n) is 2.29. The average molecular weight is 295 g/mol. The van der Waals surface area contributed by atoms with Crippen LogP contribution in [0.5, 0.6) is 0 Å². The lowest BCUT2D eigenvalue weighted by molar-refractivity contribution is 0.0940. The van der Waals surface area contributed by atoms with E-state index in [2.05, 4.69) is 31.3 Å². The Morgan fingerprint density at radius 2 is 2.35 bits per heavy atom. The number of carbonyl (C=O) groups is 1. The third-order valence-corrected chi connectivity index (χ3v) is 2.87. The highest BCUT2D eigenvalue weighted by molar-refractivity contribution is 9.10. The molecular formula is C11H11BrN4O. The van der Waals surface area contributed by atoms with Gasteiger partial charge >= 0.3 is 0 Å². The van der Waals surface area contributed by atoms with E-state index in [4.69, 9.17) is 0 Å². The Hall–Kier alpha value is -1.69. The summed E-state index contributed by atoms with van der Waals surface area (Å²) in [6, 6.07) is 3.74. The van der Waals surface area contributed by atoms with Crippen LogP contribution in [0.3, 0.4) is 0 Å². The van der Waals surface area contributed by atoms with Gasteiger partial charge in [0.15, 0.2) is 0 Å². The summed E-state index contributed by atoms with van der Waals surface area (Å²) in [6.45, 7) is 0.449. The van der Waals surface area contributed by atoms with Crippen LogP contribution in [-0.2, 0) is 13.6 Å². The van der Waals surface area contributed by atoms with Crippen molar-refractivity contribution in [1.82, 2.24) is 20.1 Å². The summed E-state index contributed by atoms with van der Waals surface area (Å²) < 4.78 is 2.21. The first kappa shape index (κ1) is 11.8. The molecule has 2 aromatic rings. The van der Waals surface area contributed by atoms with E-state index in [-0.39, 0.29) is 5.91 Å². The molecule has 2 heterocycles. The maximum Gasteiger partial charge on any atom is 0.270 e. The highest BCUT2D eigenvalue weighted by Crippen LogP contribution is 2.14. The number of aromatic nitrogens is 3. The molecule has 6 heteroatoms. The molecule has 0 atom stereocenters. The van der Waals surface area contributed by atoms with Crippen molar-refractivity contribution in [2.45, 2.75) is 6.54 Å². The van der Waals surface area contributed by atoms with Crippen LogP contribution in [0.1, 0.15) is 16.1 Å². The van der Waals surface area contributed by atoms with Crippen molar-refractivity contribution in [3.63, 3.8) is 0 Å². The summed E-state index contributed by atoms with van der Waals surface area (Å²) in [6.07, 6.45) is 5.01. The summed E-state index contributed by atoms with van der Waals surface area (Å²) in [5.74, 6) is -0.166. The number of hydrogen-bond acceptors (Lipinski definition) is 3. The number of carbonyl (C=O) groups excluding carboxylic acids is 1. The van der Waals surface area contributed by atoms with Gasteiger partial charge in [-0.1, -0.05) is 6.07 Å². The molecule has 0 aliphatic heterocycles. The van der Waals surface area contributed by atoms with Gasteiger partial charge in [0.2, 0.25) is 0 Å². The van der Waals surface area contributed by atoms with Crippen LogP contribution in [0.15, 0.2) is 35.2 Å². The molecule has 0 saturated heterocycles. The summed E-state index contributed by atoms with van der Waals surface area (Å²) >= 11 is 3.29. The number of nitrogens with zero attached hydrogens (tertiary/aromatic N) is 3. The second-order valence-corrected chi connectivity index (χ2v) is 4.36. The van der Waals surface area contributed by atoms with Gasteiger partial charge in [0.25, 0.3) is 5.91 Å². The topological polar surface area (TPSA) is 59.8 Å². The number of aryl methyl sites for hydroxylation is 1. The second-order valence-electron chi connectivity index (χ2n) is 3.51. The van der Waals surface area contributed by atoms with Crippen LogP contribution in [0.25, 0.3) is 0 Å². The quantitative estimate of drug-likeness (QED) is 0.933. The molecule has 0 aromatic carbocycles. The van der Waals surface area contributed by atoms with Gasteiger partial charge in [0, 0.05) is 26.0 Å². The van der Waals surface area contributed by atoms with Gasteiger partial charge in [0.05, 0.1) is 10.7 Å². The molecule has 17 heavy (non-hydrogen) atoms. The summed E-state index contributed by atoms with van der Waals surface area (Å²) in [4.78, 5) is 15.9. The Morgan fingerprint density at radius 3 is 2.94 bits per heavy atom. The predicted octanol–water partition coefficient (Wildman–Crippen LogP) is 1.51.